The van der Waals surface area contributed by atoms with Crippen molar-refractivity contribution in [2.24, 2.45) is 0 Å². The van der Waals surface area contributed by atoms with E-state index in [4.69, 9.17) is 0 Å². The Bertz CT molecular complexity index is 2420. The van der Waals surface area contributed by atoms with E-state index in [0.717, 1.165) is 12.8 Å². The van der Waals surface area contributed by atoms with Gasteiger partial charge in [-0.2, -0.15) is 0 Å². The largest absolute Gasteiger partial charge is 0.309 e. The molecule has 7 aromatic rings. The van der Waals surface area contributed by atoms with Crippen LogP contribution in [0.4, 0.5) is 0 Å². The van der Waals surface area contributed by atoms with Crippen LogP contribution < -0.4 is 0 Å². The fourth-order valence-electron chi connectivity index (χ4n) is 7.66. The van der Waals surface area contributed by atoms with Crippen LogP contribution in [-0.2, 0) is 6.42 Å². The summed E-state index contributed by atoms with van der Waals surface area (Å²) in [5, 5.41) is 2.57. The summed E-state index contributed by atoms with van der Waals surface area (Å²) in [5.41, 5.74) is 14.0. The minimum absolute atomic E-state index is 0.389. The molecular formula is C48H39NS. The molecule has 2 heteroatoms. The highest BCUT2D eigenvalue weighted by Crippen LogP contribution is 2.38. The van der Waals surface area contributed by atoms with Crippen LogP contribution in [0.3, 0.4) is 0 Å². The molecule has 1 nitrogen and oxygen atoms in total. The SMILES string of the molecule is C1=CCC(c2cc(-c3ccccc3)cc(-c3ccc(-n4c5ccccc5c5cc(-c6ccc7c(c6)C/C=C\CCCS7)ccc54)cc3)c2)C=C1. The molecule has 0 radical (unpaired) electrons. The van der Waals surface area contributed by atoms with E-state index in [2.05, 4.69) is 174 Å². The predicted molar refractivity (Wildman–Crippen MR) is 216 cm³/mol. The van der Waals surface area contributed by atoms with Crippen LogP contribution in [-0.4, -0.2) is 10.3 Å². The molecule has 2 aliphatic rings. The van der Waals surface area contributed by atoms with Crippen molar-refractivity contribution in [1.29, 1.82) is 0 Å². The van der Waals surface area contributed by atoms with E-state index in [1.54, 1.807) is 0 Å². The summed E-state index contributed by atoms with van der Waals surface area (Å²) >= 11 is 2.00. The van der Waals surface area contributed by atoms with E-state index in [9.17, 15) is 0 Å². The van der Waals surface area contributed by atoms with Crippen LogP contribution in [0, 0.1) is 0 Å². The predicted octanol–water partition coefficient (Wildman–Crippen LogP) is 13.4. The maximum absolute atomic E-state index is 2.43. The molecule has 2 heterocycles. The van der Waals surface area contributed by atoms with Crippen LogP contribution in [0.1, 0.15) is 36.3 Å². The van der Waals surface area contributed by atoms with Gasteiger partial charge in [0.2, 0.25) is 0 Å². The molecule has 1 aliphatic heterocycles. The summed E-state index contributed by atoms with van der Waals surface area (Å²) in [6.45, 7) is 0. The van der Waals surface area contributed by atoms with Crippen molar-refractivity contribution in [3.8, 4) is 39.1 Å². The van der Waals surface area contributed by atoms with Gasteiger partial charge in [0.1, 0.15) is 0 Å². The first-order valence-electron chi connectivity index (χ1n) is 17.9. The Kier molecular flexibility index (Phi) is 8.32. The maximum atomic E-state index is 2.43. The second kappa shape index (κ2) is 13.5. The van der Waals surface area contributed by atoms with Gasteiger partial charge in [-0.05, 0) is 124 Å². The number of benzene rings is 6. The molecule has 0 N–H and O–H groups in total. The number of nitrogens with zero attached hydrogens (tertiary/aromatic N) is 1. The molecule has 0 saturated carbocycles. The topological polar surface area (TPSA) is 4.93 Å². The fourth-order valence-corrected chi connectivity index (χ4v) is 8.68. The summed E-state index contributed by atoms with van der Waals surface area (Å²) in [7, 11) is 0. The van der Waals surface area contributed by atoms with E-state index >= 15 is 0 Å². The van der Waals surface area contributed by atoms with Crippen molar-refractivity contribution in [2.45, 2.75) is 36.5 Å². The summed E-state index contributed by atoms with van der Waals surface area (Å²) in [6, 6.07) is 49.9. The second-order valence-electron chi connectivity index (χ2n) is 13.5. The number of allylic oxidation sites excluding steroid dienone is 6. The number of fused-ring (bicyclic) bond motifs is 4. The molecule has 0 spiro atoms. The zero-order chi connectivity index (χ0) is 33.3. The summed E-state index contributed by atoms with van der Waals surface area (Å²) in [6.07, 6.45) is 18.1. The molecule has 1 aromatic heterocycles. The molecule has 0 bridgehead atoms. The third-order valence-electron chi connectivity index (χ3n) is 10.3. The van der Waals surface area contributed by atoms with Gasteiger partial charge in [-0.25, -0.2) is 0 Å². The van der Waals surface area contributed by atoms with Gasteiger partial charge in [0.25, 0.3) is 0 Å². The van der Waals surface area contributed by atoms with Gasteiger partial charge in [-0.3, -0.25) is 0 Å². The lowest BCUT2D eigenvalue weighted by Crippen LogP contribution is -1.98. The van der Waals surface area contributed by atoms with E-state index in [0.29, 0.717) is 5.92 Å². The van der Waals surface area contributed by atoms with Gasteiger partial charge in [0.05, 0.1) is 11.0 Å². The highest BCUT2D eigenvalue weighted by Gasteiger charge is 2.16. The fraction of sp³-hybridized carbons (Fsp3) is 0.125. The number of aromatic nitrogens is 1. The Morgan fingerprint density at radius 3 is 2.12 bits per heavy atom. The molecule has 0 fully saturated rings. The number of hydrogen-bond donors (Lipinski definition) is 0. The van der Waals surface area contributed by atoms with Gasteiger partial charge in [-0.1, -0.05) is 121 Å². The van der Waals surface area contributed by atoms with Gasteiger partial charge >= 0.3 is 0 Å². The van der Waals surface area contributed by atoms with Gasteiger partial charge in [-0.15, -0.1) is 11.8 Å². The van der Waals surface area contributed by atoms with Gasteiger partial charge < -0.3 is 4.57 Å². The number of thioether (sulfide) groups is 1. The summed E-state index contributed by atoms with van der Waals surface area (Å²) in [5.74, 6) is 1.57. The van der Waals surface area contributed by atoms with Crippen molar-refractivity contribution in [3.05, 3.63) is 181 Å². The van der Waals surface area contributed by atoms with Crippen molar-refractivity contribution < 1.29 is 0 Å². The van der Waals surface area contributed by atoms with Crippen LogP contribution in [0.25, 0.3) is 60.9 Å². The van der Waals surface area contributed by atoms with Crippen molar-refractivity contribution in [2.75, 3.05) is 5.75 Å². The first-order chi connectivity index (χ1) is 24.8. The molecular weight excluding hydrogens is 623 g/mol. The highest BCUT2D eigenvalue weighted by atomic mass is 32.2. The monoisotopic (exact) mass is 661 g/mol. The number of para-hydroxylation sites is 1. The van der Waals surface area contributed by atoms with Crippen molar-refractivity contribution >= 4 is 33.6 Å². The molecule has 0 saturated heterocycles. The van der Waals surface area contributed by atoms with E-state index < -0.39 is 0 Å². The van der Waals surface area contributed by atoms with Crippen LogP contribution in [0.2, 0.25) is 0 Å². The quantitative estimate of drug-likeness (QED) is 0.166. The second-order valence-corrected chi connectivity index (χ2v) is 14.6. The zero-order valence-corrected chi connectivity index (χ0v) is 29.0. The lowest BCUT2D eigenvalue weighted by Gasteiger charge is -2.17. The van der Waals surface area contributed by atoms with E-state index in [-0.39, 0.29) is 0 Å². The molecule has 9 rings (SSSR count). The molecule has 1 atom stereocenters. The molecule has 1 aliphatic carbocycles. The average molecular weight is 662 g/mol. The van der Waals surface area contributed by atoms with E-state index in [1.165, 1.54) is 95.5 Å². The molecule has 6 aromatic carbocycles. The zero-order valence-electron chi connectivity index (χ0n) is 28.1. The standard InChI is InChI=1S/C48H39NS/c1-2-12-28-50-48-27-23-37(29-39(48)17-5-1)38-22-26-47-45(33-38)44-18-10-11-19-46(44)49(47)43-24-20-36(21-25-43)42-31-40(34-13-6-3-7-14-34)30-41(32-42)35-15-8-4-9-16-35/h1,3-11,13-15,18-27,29-33,35H,2,12,16-17,28H2/b5-1-. The van der Waals surface area contributed by atoms with E-state index in [1.807, 2.05) is 11.8 Å². The Labute approximate surface area is 299 Å². The first-order valence-corrected chi connectivity index (χ1v) is 18.9. The third kappa shape index (κ3) is 5.95. The average Bonchev–Trinajstić information content (AvgIpc) is 3.57. The molecule has 50 heavy (non-hydrogen) atoms. The highest BCUT2D eigenvalue weighted by molar-refractivity contribution is 7.99. The minimum Gasteiger partial charge on any atom is -0.309 e. The molecule has 242 valence electrons. The summed E-state index contributed by atoms with van der Waals surface area (Å²) < 4.78 is 2.43. The maximum Gasteiger partial charge on any atom is 0.0541 e. The third-order valence-corrected chi connectivity index (χ3v) is 11.5. The minimum atomic E-state index is 0.389. The Morgan fingerprint density at radius 1 is 0.540 bits per heavy atom. The van der Waals surface area contributed by atoms with Crippen molar-refractivity contribution in [1.82, 2.24) is 4.57 Å². The Balaban J connectivity index is 1.10. The smallest absolute Gasteiger partial charge is 0.0541 e. The lowest BCUT2D eigenvalue weighted by atomic mass is 9.87. The molecule has 0 amide bonds. The Hall–Kier alpha value is -5.31. The number of rotatable bonds is 5. The lowest BCUT2D eigenvalue weighted by molar-refractivity contribution is 0.854. The van der Waals surface area contributed by atoms with Crippen LogP contribution in [0.5, 0.6) is 0 Å². The van der Waals surface area contributed by atoms with Crippen molar-refractivity contribution in [3.63, 3.8) is 0 Å². The van der Waals surface area contributed by atoms with Gasteiger partial charge in [0.15, 0.2) is 0 Å². The van der Waals surface area contributed by atoms with Gasteiger partial charge in [0, 0.05) is 27.3 Å². The molecule has 1 unspecified atom stereocenters. The normalized spacial score (nSPS) is 16.5. The first kappa shape index (κ1) is 30.7. The van der Waals surface area contributed by atoms with Crippen LogP contribution in [0.15, 0.2) is 175 Å². The number of hydrogen-bond acceptors (Lipinski definition) is 1. The van der Waals surface area contributed by atoms with Crippen LogP contribution >= 0.6 is 11.8 Å². The summed E-state index contributed by atoms with van der Waals surface area (Å²) in [4.78, 5) is 1.42. The Morgan fingerprint density at radius 2 is 1.28 bits per heavy atom.